The van der Waals surface area contributed by atoms with E-state index in [1.165, 1.54) is 0 Å². The minimum atomic E-state index is -0.309. The van der Waals surface area contributed by atoms with Gasteiger partial charge in [0.05, 0.1) is 28.0 Å². The molecule has 36 heavy (non-hydrogen) atoms. The summed E-state index contributed by atoms with van der Waals surface area (Å²) in [5.74, 6) is 0.721. The number of hydrogen-bond acceptors (Lipinski definition) is 7. The van der Waals surface area contributed by atoms with Crippen LogP contribution >= 0.6 is 23.2 Å². The van der Waals surface area contributed by atoms with Gasteiger partial charge in [0.2, 0.25) is 17.8 Å². The Bertz CT molecular complexity index is 1220. The average Bonchev–Trinajstić information content (AvgIpc) is 3.08. The minimum absolute atomic E-state index is 0.0665. The Morgan fingerprint density at radius 2 is 1.78 bits per heavy atom. The van der Waals surface area contributed by atoms with E-state index in [0.29, 0.717) is 58.1 Å². The van der Waals surface area contributed by atoms with Crippen molar-refractivity contribution in [3.8, 4) is 0 Å². The summed E-state index contributed by atoms with van der Waals surface area (Å²) >= 11 is 12.9. The zero-order chi connectivity index (χ0) is 25.2. The summed E-state index contributed by atoms with van der Waals surface area (Å²) < 4.78 is 2.07. The summed E-state index contributed by atoms with van der Waals surface area (Å²) in [4.78, 5) is 25.9. The molecule has 11 heteroatoms. The molecule has 1 amide bonds. The third kappa shape index (κ3) is 5.38. The maximum absolute atomic E-state index is 11.7. The van der Waals surface area contributed by atoms with Gasteiger partial charge in [-0.05, 0) is 57.1 Å². The summed E-state index contributed by atoms with van der Waals surface area (Å²) in [5.41, 5.74) is 7.47. The zero-order valence-corrected chi connectivity index (χ0v) is 21.5. The molecule has 3 aromatic rings. The molecule has 2 fully saturated rings. The molecule has 5 rings (SSSR count). The van der Waals surface area contributed by atoms with Crippen molar-refractivity contribution in [3.63, 3.8) is 0 Å². The summed E-state index contributed by atoms with van der Waals surface area (Å²) in [6.45, 7) is 0. The monoisotopic (exact) mass is 531 g/mol. The Hall–Kier alpha value is -2.62. The second-order valence-corrected chi connectivity index (χ2v) is 10.7. The molecule has 9 nitrogen and oxygen atoms in total. The number of para-hydroxylation sites is 1. The van der Waals surface area contributed by atoms with Gasteiger partial charge in [0, 0.05) is 18.0 Å². The summed E-state index contributed by atoms with van der Waals surface area (Å²) in [6.07, 6.45) is 8.92. The van der Waals surface area contributed by atoms with Crippen molar-refractivity contribution in [2.75, 3.05) is 10.6 Å². The van der Waals surface area contributed by atoms with E-state index in [4.69, 9.17) is 38.9 Å². The second kappa shape index (κ2) is 10.8. The molecule has 0 spiro atoms. The number of amides is 1. The van der Waals surface area contributed by atoms with Crippen molar-refractivity contribution < 1.29 is 9.90 Å². The number of hydrogen-bond donors (Lipinski definition) is 4. The number of imidazole rings is 1. The SMILES string of the molecule is NC(=O)C1CCC(n2c(Nc3c(Cl)cccc3Cl)nc3cnc(N[C@@H]4CCCC[C@H](O)C4)nc32)CC1. The van der Waals surface area contributed by atoms with E-state index < -0.39 is 0 Å². The van der Waals surface area contributed by atoms with Crippen molar-refractivity contribution in [2.24, 2.45) is 11.7 Å². The molecule has 2 aliphatic carbocycles. The molecule has 1 aromatic carbocycles. The van der Waals surface area contributed by atoms with E-state index in [1.807, 2.05) is 0 Å². The smallest absolute Gasteiger partial charge is 0.224 e. The Morgan fingerprint density at radius 1 is 1.06 bits per heavy atom. The number of benzene rings is 1. The number of carbonyl (C=O) groups is 1. The molecule has 0 unspecified atom stereocenters. The fourth-order valence-corrected chi connectivity index (χ4v) is 5.88. The van der Waals surface area contributed by atoms with Crippen LogP contribution in [0.25, 0.3) is 11.2 Å². The topological polar surface area (TPSA) is 131 Å². The van der Waals surface area contributed by atoms with Crippen molar-refractivity contribution in [1.29, 1.82) is 0 Å². The number of nitrogens with zero attached hydrogens (tertiary/aromatic N) is 4. The molecule has 2 aromatic heterocycles. The molecule has 0 aliphatic heterocycles. The van der Waals surface area contributed by atoms with Crippen molar-refractivity contribution in [1.82, 2.24) is 19.5 Å². The first-order chi connectivity index (χ1) is 17.4. The number of halogens is 2. The number of aliphatic hydroxyl groups excluding tert-OH is 1. The highest BCUT2D eigenvalue weighted by Crippen LogP contribution is 2.39. The number of primary amides is 1. The molecule has 5 N–H and O–H groups in total. The van der Waals surface area contributed by atoms with E-state index >= 15 is 0 Å². The van der Waals surface area contributed by atoms with Crippen LogP contribution in [0.4, 0.5) is 17.6 Å². The minimum Gasteiger partial charge on any atom is -0.393 e. The van der Waals surface area contributed by atoms with E-state index in [0.717, 1.165) is 38.5 Å². The molecular formula is C25H31Cl2N7O2. The maximum atomic E-state index is 11.7. The van der Waals surface area contributed by atoms with Gasteiger partial charge < -0.3 is 21.5 Å². The second-order valence-electron chi connectivity index (χ2n) is 9.85. The number of aromatic nitrogens is 4. The number of anilines is 3. The Labute approximate surface area is 219 Å². The van der Waals surface area contributed by atoms with E-state index in [1.54, 1.807) is 24.4 Å². The predicted octanol–water partition coefficient (Wildman–Crippen LogP) is 5.20. The fraction of sp³-hybridized carbons (Fsp3) is 0.520. The molecule has 2 atom stereocenters. The standard InChI is InChI=1S/C25H31Cl2N7O2/c26-18-6-3-7-19(27)21(18)32-25-31-20-13-29-24(30-15-4-1-2-5-17(35)12-15)33-23(20)34(25)16-10-8-14(9-11-16)22(28)36/h3,6-7,13-17,35H,1-2,4-5,8-12H2,(H2,28,36)(H,31,32)(H,29,30,33)/t14?,15-,16?,17+/m1/s1. The van der Waals surface area contributed by atoms with Gasteiger partial charge >= 0.3 is 0 Å². The molecular weight excluding hydrogens is 501 g/mol. The predicted molar refractivity (Wildman–Crippen MR) is 142 cm³/mol. The van der Waals surface area contributed by atoms with Crippen LogP contribution in [0, 0.1) is 5.92 Å². The lowest BCUT2D eigenvalue weighted by Crippen LogP contribution is -2.29. The summed E-state index contributed by atoms with van der Waals surface area (Å²) in [5, 5.41) is 17.9. The first kappa shape index (κ1) is 25.0. The van der Waals surface area contributed by atoms with Crippen LogP contribution in [0.1, 0.15) is 63.8 Å². The largest absolute Gasteiger partial charge is 0.393 e. The van der Waals surface area contributed by atoms with Gasteiger partial charge in [0.1, 0.15) is 5.52 Å². The number of fused-ring (bicyclic) bond motifs is 1. The van der Waals surface area contributed by atoms with Gasteiger partial charge in [0.15, 0.2) is 5.65 Å². The van der Waals surface area contributed by atoms with Crippen LogP contribution in [0.15, 0.2) is 24.4 Å². The highest BCUT2D eigenvalue weighted by molar-refractivity contribution is 6.39. The normalized spacial score (nSPS) is 24.9. The van der Waals surface area contributed by atoms with Crippen LogP contribution < -0.4 is 16.4 Å². The van der Waals surface area contributed by atoms with Crippen molar-refractivity contribution >= 4 is 57.9 Å². The number of aliphatic hydroxyl groups is 1. The number of nitrogens with one attached hydrogen (secondary N) is 2. The lowest BCUT2D eigenvalue weighted by atomic mass is 9.85. The summed E-state index contributed by atoms with van der Waals surface area (Å²) in [7, 11) is 0. The lowest BCUT2D eigenvalue weighted by molar-refractivity contribution is -0.122. The molecule has 2 heterocycles. The van der Waals surface area contributed by atoms with Crippen LogP contribution in [-0.2, 0) is 4.79 Å². The van der Waals surface area contributed by atoms with E-state index in [9.17, 15) is 9.90 Å². The van der Waals surface area contributed by atoms with Crippen LogP contribution in [0.5, 0.6) is 0 Å². The Morgan fingerprint density at radius 3 is 2.50 bits per heavy atom. The lowest BCUT2D eigenvalue weighted by Gasteiger charge is -2.29. The Balaban J connectivity index is 1.50. The van der Waals surface area contributed by atoms with Gasteiger partial charge in [-0.25, -0.2) is 9.97 Å². The van der Waals surface area contributed by atoms with Gasteiger partial charge in [-0.15, -0.1) is 0 Å². The van der Waals surface area contributed by atoms with Crippen molar-refractivity contribution in [2.45, 2.75) is 76.0 Å². The third-order valence-electron chi connectivity index (χ3n) is 7.33. The van der Waals surface area contributed by atoms with Gasteiger partial charge in [-0.1, -0.05) is 42.1 Å². The van der Waals surface area contributed by atoms with Crippen molar-refractivity contribution in [3.05, 3.63) is 34.4 Å². The van der Waals surface area contributed by atoms with Crippen LogP contribution in [0.2, 0.25) is 10.0 Å². The van der Waals surface area contributed by atoms with E-state index in [-0.39, 0.29) is 30.0 Å². The third-order valence-corrected chi connectivity index (χ3v) is 7.96. The Kier molecular flexibility index (Phi) is 7.50. The van der Waals surface area contributed by atoms with Gasteiger partial charge in [-0.3, -0.25) is 9.36 Å². The van der Waals surface area contributed by atoms with Crippen LogP contribution in [0.3, 0.4) is 0 Å². The first-order valence-electron chi connectivity index (χ1n) is 12.6. The number of rotatable bonds is 6. The summed E-state index contributed by atoms with van der Waals surface area (Å²) in [6, 6.07) is 5.50. The molecule has 2 aliphatic rings. The first-order valence-corrected chi connectivity index (χ1v) is 13.3. The van der Waals surface area contributed by atoms with Crippen LogP contribution in [-0.4, -0.2) is 42.7 Å². The average molecular weight is 532 g/mol. The fourth-order valence-electron chi connectivity index (χ4n) is 5.39. The molecule has 0 saturated heterocycles. The molecule has 0 radical (unpaired) electrons. The molecule has 192 valence electrons. The quantitative estimate of drug-likeness (QED) is 0.321. The number of nitrogens with two attached hydrogens (primary N) is 1. The molecule has 0 bridgehead atoms. The highest BCUT2D eigenvalue weighted by Gasteiger charge is 2.29. The van der Waals surface area contributed by atoms with Gasteiger partial charge in [-0.2, -0.15) is 4.98 Å². The van der Waals surface area contributed by atoms with Gasteiger partial charge in [0.25, 0.3) is 0 Å². The number of carbonyl (C=O) groups excluding carboxylic acids is 1. The zero-order valence-electron chi connectivity index (χ0n) is 20.0. The maximum Gasteiger partial charge on any atom is 0.224 e. The van der Waals surface area contributed by atoms with E-state index in [2.05, 4.69) is 20.2 Å². The molecule has 2 saturated carbocycles. The highest BCUT2D eigenvalue weighted by atomic mass is 35.5.